The fourth-order valence-corrected chi connectivity index (χ4v) is 0.270. The van der Waals surface area contributed by atoms with Crippen LogP contribution in [0.3, 0.4) is 0 Å². The minimum atomic E-state index is -2.75. The predicted octanol–water partition coefficient (Wildman–Crippen LogP) is -0.837. The average Bonchev–Trinajstić information content (AvgIpc) is 1.61. The molecule has 0 aromatic rings. The monoisotopic (exact) mass is 120 g/mol. The van der Waals surface area contributed by atoms with Crippen LogP contribution in [0.2, 0.25) is 0 Å². The molecule has 0 N–H and O–H groups in total. The van der Waals surface area contributed by atoms with Crippen molar-refractivity contribution >= 4 is 11.0 Å². The van der Waals surface area contributed by atoms with Crippen molar-refractivity contribution in [3.63, 3.8) is 0 Å². The first-order valence-electron chi connectivity index (χ1n) is 1.48. The van der Waals surface area contributed by atoms with Crippen molar-refractivity contribution in [2.75, 3.05) is 6.61 Å². The zero-order valence-electron chi connectivity index (χ0n) is 3.46. The van der Waals surface area contributed by atoms with Gasteiger partial charge in [-0.25, -0.2) is 8.42 Å². The summed E-state index contributed by atoms with van der Waals surface area (Å²) in [4.78, 5) is 0. The Morgan fingerprint density at radius 1 is 1.71 bits per heavy atom. The highest BCUT2D eigenvalue weighted by atomic mass is 32.2. The zero-order valence-corrected chi connectivity index (χ0v) is 4.35. The Morgan fingerprint density at radius 2 is 2.29 bits per heavy atom. The van der Waals surface area contributed by atoms with E-state index in [1.165, 1.54) is 0 Å². The molecule has 4 heteroatoms. The van der Waals surface area contributed by atoms with Gasteiger partial charge in [-0.05, 0) is 0 Å². The van der Waals surface area contributed by atoms with Crippen LogP contribution in [0.15, 0.2) is 0 Å². The predicted molar refractivity (Wildman–Crippen MR) is 25.1 cm³/mol. The maximum absolute atomic E-state index is 9.48. The van der Waals surface area contributed by atoms with E-state index in [-0.39, 0.29) is 6.61 Å². The van der Waals surface area contributed by atoms with E-state index < -0.39 is 11.0 Å². The lowest BCUT2D eigenvalue weighted by Crippen LogP contribution is -1.85. The molecule has 0 saturated carbocycles. The molecule has 0 bridgehead atoms. The zero-order chi connectivity index (χ0) is 5.70. The van der Waals surface area contributed by atoms with Crippen LogP contribution < -0.4 is 0 Å². The van der Waals surface area contributed by atoms with Gasteiger partial charge < -0.3 is 0 Å². The lowest BCUT2D eigenvalue weighted by Gasteiger charge is -1.78. The van der Waals surface area contributed by atoms with Crippen LogP contribution in [-0.4, -0.2) is 15.0 Å². The van der Waals surface area contributed by atoms with Gasteiger partial charge in [-0.3, -0.25) is 4.18 Å². The van der Waals surface area contributed by atoms with E-state index in [9.17, 15) is 8.42 Å². The van der Waals surface area contributed by atoms with Gasteiger partial charge in [0.15, 0.2) is 0 Å². The summed E-state index contributed by atoms with van der Waals surface area (Å²) in [5.74, 6) is 1.99. The first-order chi connectivity index (χ1) is 3.27. The number of rotatable bonds is 2. The molecule has 0 aromatic carbocycles. The quantitative estimate of drug-likeness (QED) is 0.382. The summed E-state index contributed by atoms with van der Waals surface area (Å²) in [5.41, 5.74) is 0. The molecule has 0 fully saturated rings. The number of terminal acetylenes is 1. The molecule has 0 aliphatic carbocycles. The van der Waals surface area contributed by atoms with Crippen LogP contribution in [0, 0.1) is 12.3 Å². The van der Waals surface area contributed by atoms with Crippen molar-refractivity contribution in [1.82, 2.24) is 0 Å². The van der Waals surface area contributed by atoms with Crippen molar-refractivity contribution in [1.29, 1.82) is 0 Å². The lowest BCUT2D eigenvalue weighted by molar-refractivity contribution is 0.381. The fourth-order valence-electron chi connectivity index (χ4n) is 0.0900. The van der Waals surface area contributed by atoms with Gasteiger partial charge >= 0.3 is 0 Å². The number of thiol groups is 1. The van der Waals surface area contributed by atoms with E-state index in [1.807, 2.05) is 5.92 Å². The molecule has 0 spiro atoms. The molecule has 40 valence electrons. The minimum absolute atomic E-state index is 0.168. The molecule has 7 heavy (non-hydrogen) atoms. The summed E-state index contributed by atoms with van der Waals surface area (Å²) in [6, 6.07) is 0. The molecule has 0 aromatic heterocycles. The van der Waals surface area contributed by atoms with Crippen LogP contribution in [0.1, 0.15) is 0 Å². The second-order valence-electron chi connectivity index (χ2n) is 0.701. The van der Waals surface area contributed by atoms with E-state index in [2.05, 4.69) is 10.6 Å². The van der Waals surface area contributed by atoms with Gasteiger partial charge in [0.25, 0.3) is 11.0 Å². The average molecular weight is 120 g/mol. The smallest absolute Gasteiger partial charge is 0.258 e. The molecule has 0 aliphatic rings. The summed E-state index contributed by atoms with van der Waals surface area (Å²) in [6.07, 6.45) is 4.63. The highest BCUT2D eigenvalue weighted by Gasteiger charge is 1.75. The Kier molecular flexibility index (Phi) is 3.38. The molecule has 0 unspecified atom stereocenters. The third-order valence-electron chi connectivity index (χ3n) is 0.253. The largest absolute Gasteiger partial charge is 0.259 e. The summed E-state index contributed by atoms with van der Waals surface area (Å²) in [5, 5.41) is 0. The fraction of sp³-hybridized carbons (Fsp3) is 0.333. The Bertz CT molecular complexity index is 133. The van der Waals surface area contributed by atoms with Gasteiger partial charge in [0, 0.05) is 0 Å². The Morgan fingerprint density at radius 3 is 2.43 bits per heavy atom. The third-order valence-corrected chi connectivity index (χ3v) is 0.593. The van der Waals surface area contributed by atoms with Gasteiger partial charge in [0.1, 0.15) is 6.61 Å². The van der Waals surface area contributed by atoms with Gasteiger partial charge in [-0.15, -0.1) is 6.42 Å². The second-order valence-corrected chi connectivity index (χ2v) is 1.41. The summed E-state index contributed by atoms with van der Waals surface area (Å²) in [6.45, 7) is -0.168. The van der Waals surface area contributed by atoms with E-state index in [0.717, 1.165) is 0 Å². The first-order valence-corrected chi connectivity index (χ1v) is 2.57. The van der Waals surface area contributed by atoms with Crippen molar-refractivity contribution < 1.29 is 12.6 Å². The molecule has 0 heterocycles. The lowest BCUT2D eigenvalue weighted by atomic mass is 10.8. The van der Waals surface area contributed by atoms with Crippen LogP contribution in [0.5, 0.6) is 0 Å². The molecule has 0 atom stereocenters. The second kappa shape index (κ2) is 3.65. The summed E-state index contributed by atoms with van der Waals surface area (Å²) in [7, 11) is -2.75. The van der Waals surface area contributed by atoms with Gasteiger partial charge in [0.2, 0.25) is 0 Å². The van der Waals surface area contributed by atoms with E-state index in [4.69, 9.17) is 0 Å². The van der Waals surface area contributed by atoms with Crippen molar-refractivity contribution in [3.05, 3.63) is 0 Å². The van der Waals surface area contributed by atoms with Crippen molar-refractivity contribution in [2.24, 2.45) is 0 Å². The SMILES string of the molecule is C#CCO[SH](=O)=O. The molecule has 0 radical (unpaired) electrons. The number of hydrogen-bond acceptors (Lipinski definition) is 3. The Hall–Kier alpha value is -0.530. The van der Waals surface area contributed by atoms with Crippen molar-refractivity contribution in [3.8, 4) is 12.3 Å². The Labute approximate surface area is 43.4 Å². The van der Waals surface area contributed by atoms with E-state index >= 15 is 0 Å². The summed E-state index contributed by atoms with van der Waals surface area (Å²) >= 11 is 0. The molecule has 3 nitrogen and oxygen atoms in total. The molecule has 0 rings (SSSR count). The van der Waals surface area contributed by atoms with E-state index in [0.29, 0.717) is 0 Å². The molecule has 0 amide bonds. The Balaban J connectivity index is 3.20. The molecule has 0 saturated heterocycles. The molecular formula is C3H4O3S. The van der Waals surface area contributed by atoms with Gasteiger partial charge in [0.05, 0.1) is 0 Å². The van der Waals surface area contributed by atoms with Crippen LogP contribution in [0.25, 0.3) is 0 Å². The maximum atomic E-state index is 9.48. The van der Waals surface area contributed by atoms with Crippen LogP contribution in [-0.2, 0) is 15.2 Å². The molecule has 0 aliphatic heterocycles. The van der Waals surface area contributed by atoms with Crippen LogP contribution in [0.4, 0.5) is 0 Å². The number of hydrogen-bond donors (Lipinski definition) is 1. The topological polar surface area (TPSA) is 43.4 Å². The molecular weight excluding hydrogens is 116 g/mol. The highest BCUT2D eigenvalue weighted by molar-refractivity contribution is 7.67. The van der Waals surface area contributed by atoms with Crippen molar-refractivity contribution in [2.45, 2.75) is 0 Å². The highest BCUT2D eigenvalue weighted by Crippen LogP contribution is 1.66. The van der Waals surface area contributed by atoms with Crippen LogP contribution >= 0.6 is 0 Å². The summed E-state index contributed by atoms with van der Waals surface area (Å²) < 4.78 is 22.9. The standard InChI is InChI=1S/C3H4O3S/c1-2-3-6-7(4)5/h1,7H,3H2. The van der Waals surface area contributed by atoms with E-state index in [1.54, 1.807) is 0 Å². The van der Waals surface area contributed by atoms with Gasteiger partial charge in [-0.2, -0.15) is 0 Å². The normalized spacial score (nSPS) is 8.57. The first kappa shape index (κ1) is 6.47. The maximum Gasteiger partial charge on any atom is 0.258 e. The van der Waals surface area contributed by atoms with Gasteiger partial charge in [-0.1, -0.05) is 5.92 Å². The third kappa shape index (κ3) is 5.47. The minimum Gasteiger partial charge on any atom is -0.259 e.